The number of amides is 1. The Hall–Kier alpha value is -2.40. The first-order valence-corrected chi connectivity index (χ1v) is 5.75. The largest absolute Gasteiger partial charge is 0.430 e. The van der Waals surface area contributed by atoms with Gasteiger partial charge >= 0.3 is 5.63 Å². The summed E-state index contributed by atoms with van der Waals surface area (Å²) in [6, 6.07) is 9.86. The topological polar surface area (TPSA) is 79.5 Å². The summed E-state index contributed by atoms with van der Waals surface area (Å²) in [5.74, 6) is -0.310. The molecule has 5 nitrogen and oxygen atoms in total. The number of aliphatic hydroxyl groups excluding tert-OH is 1. The van der Waals surface area contributed by atoms with E-state index in [2.05, 4.69) is 9.73 Å². The molecule has 1 heterocycles. The van der Waals surface area contributed by atoms with Crippen LogP contribution in [0, 0.1) is 0 Å². The number of hydrogen-bond donors (Lipinski definition) is 2. The third-order valence-electron chi connectivity index (χ3n) is 2.62. The first-order chi connectivity index (χ1) is 9.19. The zero-order valence-corrected chi connectivity index (χ0v) is 10.1. The molecular formula is C14H13NO4. The SMILES string of the molecule is O=C(NCc1ccc(CO)cc1)c1ccc(=O)oc1. The molecule has 0 aliphatic carbocycles. The summed E-state index contributed by atoms with van der Waals surface area (Å²) < 4.78 is 4.62. The molecule has 1 aromatic carbocycles. The lowest BCUT2D eigenvalue weighted by atomic mass is 10.1. The Morgan fingerprint density at radius 2 is 1.79 bits per heavy atom. The van der Waals surface area contributed by atoms with Crippen molar-refractivity contribution in [2.45, 2.75) is 13.2 Å². The highest BCUT2D eigenvalue weighted by atomic mass is 16.4. The number of aliphatic hydroxyl groups is 1. The van der Waals surface area contributed by atoms with Crippen molar-refractivity contribution in [1.29, 1.82) is 0 Å². The van der Waals surface area contributed by atoms with E-state index in [4.69, 9.17) is 5.11 Å². The van der Waals surface area contributed by atoms with Crippen LogP contribution in [0.15, 0.2) is 51.9 Å². The zero-order valence-electron chi connectivity index (χ0n) is 10.1. The van der Waals surface area contributed by atoms with Gasteiger partial charge in [-0.25, -0.2) is 4.79 Å². The fourth-order valence-corrected chi connectivity index (χ4v) is 1.53. The molecule has 0 aliphatic heterocycles. The first kappa shape index (κ1) is 13.0. The Labute approximate surface area is 109 Å². The number of rotatable bonds is 4. The summed E-state index contributed by atoms with van der Waals surface area (Å²) in [5, 5.41) is 11.6. The number of benzene rings is 1. The van der Waals surface area contributed by atoms with Crippen LogP contribution in [0.25, 0.3) is 0 Å². The van der Waals surface area contributed by atoms with Crippen molar-refractivity contribution in [2.24, 2.45) is 0 Å². The molecule has 1 aromatic heterocycles. The van der Waals surface area contributed by atoms with E-state index in [9.17, 15) is 9.59 Å². The van der Waals surface area contributed by atoms with Gasteiger partial charge in [0.25, 0.3) is 5.91 Å². The highest BCUT2D eigenvalue weighted by molar-refractivity contribution is 5.93. The van der Waals surface area contributed by atoms with Crippen LogP contribution in [0.2, 0.25) is 0 Å². The average molecular weight is 259 g/mol. The van der Waals surface area contributed by atoms with Gasteiger partial charge < -0.3 is 14.8 Å². The summed E-state index contributed by atoms with van der Waals surface area (Å²) in [7, 11) is 0. The van der Waals surface area contributed by atoms with Crippen molar-refractivity contribution in [3.63, 3.8) is 0 Å². The van der Waals surface area contributed by atoms with Gasteiger partial charge in [-0.05, 0) is 17.2 Å². The van der Waals surface area contributed by atoms with E-state index in [0.29, 0.717) is 12.1 Å². The predicted octanol–water partition coefficient (Wildman–Crippen LogP) is 1.06. The molecular weight excluding hydrogens is 246 g/mol. The van der Waals surface area contributed by atoms with Gasteiger partial charge in [0.2, 0.25) is 0 Å². The van der Waals surface area contributed by atoms with Crippen molar-refractivity contribution < 1.29 is 14.3 Å². The van der Waals surface area contributed by atoms with Crippen LogP contribution in [0.4, 0.5) is 0 Å². The molecule has 0 spiro atoms. The van der Waals surface area contributed by atoms with Crippen LogP contribution < -0.4 is 10.9 Å². The second-order valence-corrected chi connectivity index (χ2v) is 4.00. The van der Waals surface area contributed by atoms with Crippen molar-refractivity contribution in [3.05, 3.63) is 69.8 Å². The molecule has 0 radical (unpaired) electrons. The van der Waals surface area contributed by atoms with Crippen LogP contribution in [-0.4, -0.2) is 11.0 Å². The van der Waals surface area contributed by atoms with E-state index < -0.39 is 5.63 Å². The normalized spacial score (nSPS) is 10.2. The summed E-state index contributed by atoms with van der Waals surface area (Å²) >= 11 is 0. The number of nitrogens with one attached hydrogen (secondary N) is 1. The molecule has 98 valence electrons. The second kappa shape index (κ2) is 5.97. The molecule has 19 heavy (non-hydrogen) atoms. The van der Waals surface area contributed by atoms with Crippen LogP contribution in [0.3, 0.4) is 0 Å². The lowest BCUT2D eigenvalue weighted by Gasteiger charge is -2.05. The monoisotopic (exact) mass is 259 g/mol. The summed E-state index contributed by atoms with van der Waals surface area (Å²) in [5.41, 5.74) is 1.55. The van der Waals surface area contributed by atoms with Gasteiger partial charge in [-0.1, -0.05) is 24.3 Å². The fourth-order valence-electron chi connectivity index (χ4n) is 1.53. The van der Waals surface area contributed by atoms with Crippen LogP contribution in [0.5, 0.6) is 0 Å². The lowest BCUT2D eigenvalue weighted by molar-refractivity contribution is 0.0948. The van der Waals surface area contributed by atoms with Gasteiger partial charge in [-0.15, -0.1) is 0 Å². The van der Waals surface area contributed by atoms with Gasteiger partial charge in [0.1, 0.15) is 6.26 Å². The molecule has 0 saturated carbocycles. The van der Waals surface area contributed by atoms with E-state index in [1.807, 2.05) is 12.1 Å². The zero-order chi connectivity index (χ0) is 13.7. The molecule has 0 unspecified atom stereocenters. The van der Waals surface area contributed by atoms with Crippen molar-refractivity contribution in [3.8, 4) is 0 Å². The Balaban J connectivity index is 1.96. The average Bonchev–Trinajstić information content (AvgIpc) is 2.46. The van der Waals surface area contributed by atoms with Crippen LogP contribution in [0.1, 0.15) is 21.5 Å². The third-order valence-corrected chi connectivity index (χ3v) is 2.62. The number of carbonyl (C=O) groups is 1. The molecule has 0 atom stereocenters. The minimum Gasteiger partial charge on any atom is -0.430 e. The summed E-state index contributed by atoms with van der Waals surface area (Å²) in [6.45, 7) is 0.360. The minimum atomic E-state index is -0.490. The molecule has 0 fully saturated rings. The van der Waals surface area contributed by atoms with Crippen molar-refractivity contribution in [2.75, 3.05) is 0 Å². The van der Waals surface area contributed by atoms with E-state index in [-0.39, 0.29) is 12.5 Å². The summed E-state index contributed by atoms with van der Waals surface area (Å²) in [4.78, 5) is 22.5. The quantitative estimate of drug-likeness (QED) is 0.860. The highest BCUT2D eigenvalue weighted by Crippen LogP contribution is 2.04. The van der Waals surface area contributed by atoms with Crippen molar-refractivity contribution >= 4 is 5.91 Å². The summed E-state index contributed by atoms with van der Waals surface area (Å²) in [6.07, 6.45) is 1.13. The molecule has 2 aromatic rings. The Morgan fingerprint density at radius 1 is 1.11 bits per heavy atom. The molecule has 0 saturated heterocycles. The minimum absolute atomic E-state index is 0.00428. The van der Waals surface area contributed by atoms with Gasteiger partial charge in [0, 0.05) is 12.6 Å². The smallest absolute Gasteiger partial charge is 0.335 e. The molecule has 0 bridgehead atoms. The van der Waals surface area contributed by atoms with Gasteiger partial charge in [-0.2, -0.15) is 0 Å². The van der Waals surface area contributed by atoms with Gasteiger partial charge in [-0.3, -0.25) is 4.79 Å². The van der Waals surface area contributed by atoms with Crippen LogP contribution in [-0.2, 0) is 13.2 Å². The third kappa shape index (κ3) is 3.53. The van der Waals surface area contributed by atoms with E-state index in [1.54, 1.807) is 12.1 Å². The van der Waals surface area contributed by atoms with E-state index >= 15 is 0 Å². The Morgan fingerprint density at radius 3 is 2.37 bits per heavy atom. The van der Waals surface area contributed by atoms with Crippen molar-refractivity contribution in [1.82, 2.24) is 5.32 Å². The maximum absolute atomic E-state index is 11.7. The molecule has 2 N–H and O–H groups in total. The highest BCUT2D eigenvalue weighted by Gasteiger charge is 2.05. The Kier molecular flexibility index (Phi) is 4.10. The molecule has 0 aliphatic rings. The predicted molar refractivity (Wildman–Crippen MR) is 68.5 cm³/mol. The van der Waals surface area contributed by atoms with Gasteiger partial charge in [0.05, 0.1) is 12.2 Å². The Bertz CT molecular complexity index is 596. The van der Waals surface area contributed by atoms with E-state index in [0.717, 1.165) is 17.4 Å². The van der Waals surface area contributed by atoms with E-state index in [1.165, 1.54) is 12.1 Å². The molecule has 1 amide bonds. The maximum atomic E-state index is 11.7. The maximum Gasteiger partial charge on any atom is 0.335 e. The number of hydrogen-bond acceptors (Lipinski definition) is 4. The second-order valence-electron chi connectivity index (χ2n) is 4.00. The van der Waals surface area contributed by atoms with Crippen LogP contribution >= 0.6 is 0 Å². The fraction of sp³-hybridized carbons (Fsp3) is 0.143. The first-order valence-electron chi connectivity index (χ1n) is 5.75. The van der Waals surface area contributed by atoms with Gasteiger partial charge in [0.15, 0.2) is 0 Å². The molecule has 2 rings (SSSR count). The molecule has 5 heteroatoms. The lowest BCUT2D eigenvalue weighted by Crippen LogP contribution is -2.23. The number of carbonyl (C=O) groups excluding carboxylic acids is 1. The standard InChI is InChI=1S/C14H13NO4/c16-8-11-3-1-10(2-4-11)7-15-14(18)12-5-6-13(17)19-9-12/h1-6,9,16H,7-8H2,(H,15,18).